The zero-order valence-corrected chi connectivity index (χ0v) is 20.0. The number of aromatic nitrogens is 2. The van der Waals surface area contributed by atoms with Crippen LogP contribution in [0.25, 0.3) is 22.4 Å². The third kappa shape index (κ3) is 5.23. The highest BCUT2D eigenvalue weighted by molar-refractivity contribution is 5.78. The number of amidine groups is 1. The summed E-state index contributed by atoms with van der Waals surface area (Å²) in [5.41, 5.74) is 9.99. The minimum Gasteiger partial charge on any atom is -0.455 e. The van der Waals surface area contributed by atoms with Crippen LogP contribution in [-0.2, 0) is 4.74 Å². The fraction of sp³-hybridized carbons (Fsp3) is 0.179. The van der Waals surface area contributed by atoms with Crippen molar-refractivity contribution in [3.63, 3.8) is 0 Å². The van der Waals surface area contributed by atoms with E-state index in [-0.39, 0.29) is 25.0 Å². The van der Waals surface area contributed by atoms with Gasteiger partial charge in [-0.1, -0.05) is 26.0 Å². The maximum absolute atomic E-state index is 13.8. The summed E-state index contributed by atoms with van der Waals surface area (Å²) in [5.74, 6) is -0.989. The number of ether oxygens (including phenoxy) is 2. The molecule has 8 heteroatoms. The summed E-state index contributed by atoms with van der Waals surface area (Å²) < 4.78 is 39.1. The molecule has 2 aromatic heterocycles. The molecular weight excluding hydrogens is 462 g/mol. The molecule has 0 aliphatic carbocycles. The molecule has 0 radical (unpaired) electrons. The Bertz CT molecular complexity index is 1380. The number of hydrogen-bond acceptors (Lipinski definition) is 5. The number of halogens is 2. The molecule has 184 valence electrons. The molecule has 36 heavy (non-hydrogen) atoms. The number of nitrogens with zero attached hydrogens (tertiary/aromatic N) is 2. The zero-order valence-electron chi connectivity index (χ0n) is 20.0. The van der Waals surface area contributed by atoms with Gasteiger partial charge in [0.05, 0.1) is 18.5 Å². The number of rotatable bonds is 6. The molecule has 4 aromatic rings. The molecule has 1 aliphatic heterocycles. The van der Waals surface area contributed by atoms with Crippen LogP contribution in [0, 0.1) is 17.0 Å². The SMILES string of the molecule is CC.N=C(N)COCC1c2cc(-c3cccnc3)ccc2Oc2cnc(-c3ccc(F)c(F)c3)cc21. The number of hydrogen-bond donors (Lipinski definition) is 2. The van der Waals surface area contributed by atoms with Crippen molar-refractivity contribution in [3.05, 3.63) is 95.9 Å². The average molecular weight is 489 g/mol. The normalized spacial score (nSPS) is 13.5. The largest absolute Gasteiger partial charge is 0.455 e. The van der Waals surface area contributed by atoms with Crippen molar-refractivity contribution in [1.29, 1.82) is 5.41 Å². The van der Waals surface area contributed by atoms with E-state index < -0.39 is 11.6 Å². The summed E-state index contributed by atoms with van der Waals surface area (Å²) in [7, 11) is 0. The molecule has 1 aliphatic rings. The summed E-state index contributed by atoms with van der Waals surface area (Å²) >= 11 is 0. The van der Waals surface area contributed by atoms with Crippen LogP contribution in [0.4, 0.5) is 8.78 Å². The van der Waals surface area contributed by atoms with Crippen LogP contribution in [-0.4, -0.2) is 29.0 Å². The molecule has 0 amide bonds. The van der Waals surface area contributed by atoms with E-state index >= 15 is 0 Å². The van der Waals surface area contributed by atoms with Gasteiger partial charge in [-0.3, -0.25) is 15.4 Å². The predicted octanol–water partition coefficient (Wildman–Crippen LogP) is 6.31. The van der Waals surface area contributed by atoms with Crippen LogP contribution in [0.3, 0.4) is 0 Å². The van der Waals surface area contributed by atoms with Gasteiger partial charge in [0.2, 0.25) is 0 Å². The van der Waals surface area contributed by atoms with Gasteiger partial charge < -0.3 is 15.2 Å². The lowest BCUT2D eigenvalue weighted by molar-refractivity contribution is 0.159. The van der Waals surface area contributed by atoms with Crippen LogP contribution in [0.1, 0.15) is 30.9 Å². The van der Waals surface area contributed by atoms with Gasteiger partial charge in [-0.15, -0.1) is 0 Å². The quantitative estimate of drug-likeness (QED) is 0.245. The van der Waals surface area contributed by atoms with E-state index in [1.165, 1.54) is 6.07 Å². The Kier molecular flexibility index (Phi) is 7.65. The monoisotopic (exact) mass is 488 g/mol. The molecule has 6 nitrogen and oxygen atoms in total. The standard InChI is InChI=1S/C26H20F2N4O2.C2H6/c27-21-5-3-16(9-22(21)28)23-10-19-20(13-33-14-26(29)30)18-8-15(17-2-1-7-31-11-17)4-6-24(18)34-25(19)12-32-23;1-2/h1-12,20H,13-14H2,(H3,29,30);1-2H3. The molecule has 2 aromatic carbocycles. The van der Waals surface area contributed by atoms with Gasteiger partial charge in [-0.25, -0.2) is 8.78 Å². The lowest BCUT2D eigenvalue weighted by atomic mass is 9.86. The fourth-order valence-corrected chi connectivity index (χ4v) is 4.01. The van der Waals surface area contributed by atoms with Crippen molar-refractivity contribution in [3.8, 4) is 33.9 Å². The van der Waals surface area contributed by atoms with Crippen LogP contribution < -0.4 is 10.5 Å². The first kappa shape index (κ1) is 24.9. The summed E-state index contributed by atoms with van der Waals surface area (Å²) in [6.07, 6.45) is 5.07. The third-order valence-electron chi connectivity index (χ3n) is 5.63. The molecule has 3 heterocycles. The van der Waals surface area contributed by atoms with Gasteiger partial charge in [0, 0.05) is 40.6 Å². The Balaban J connectivity index is 0.00000148. The van der Waals surface area contributed by atoms with E-state index in [1.54, 1.807) is 24.7 Å². The van der Waals surface area contributed by atoms with Crippen molar-refractivity contribution in [1.82, 2.24) is 9.97 Å². The Hall–Kier alpha value is -4.17. The van der Waals surface area contributed by atoms with E-state index in [9.17, 15) is 8.78 Å². The molecule has 3 N–H and O–H groups in total. The first-order chi connectivity index (χ1) is 17.5. The van der Waals surface area contributed by atoms with Gasteiger partial charge in [-0.2, -0.15) is 0 Å². The lowest BCUT2D eigenvalue weighted by Gasteiger charge is -2.29. The van der Waals surface area contributed by atoms with E-state index in [1.807, 2.05) is 44.2 Å². The highest BCUT2D eigenvalue weighted by Gasteiger charge is 2.29. The molecule has 0 spiro atoms. The molecule has 0 saturated heterocycles. The van der Waals surface area contributed by atoms with Gasteiger partial charge in [0.1, 0.15) is 23.9 Å². The van der Waals surface area contributed by atoms with Crippen LogP contribution in [0.15, 0.2) is 73.2 Å². The van der Waals surface area contributed by atoms with Crippen molar-refractivity contribution in [2.75, 3.05) is 13.2 Å². The Morgan fingerprint density at radius 2 is 1.72 bits per heavy atom. The van der Waals surface area contributed by atoms with Crippen molar-refractivity contribution in [2.45, 2.75) is 19.8 Å². The third-order valence-corrected chi connectivity index (χ3v) is 5.63. The van der Waals surface area contributed by atoms with E-state index in [4.69, 9.17) is 20.6 Å². The van der Waals surface area contributed by atoms with Crippen molar-refractivity contribution >= 4 is 5.84 Å². The van der Waals surface area contributed by atoms with Crippen LogP contribution in [0.5, 0.6) is 11.5 Å². The highest BCUT2D eigenvalue weighted by atomic mass is 19.2. The van der Waals surface area contributed by atoms with Gasteiger partial charge in [0.25, 0.3) is 0 Å². The molecule has 0 saturated carbocycles. The Morgan fingerprint density at radius 3 is 2.44 bits per heavy atom. The molecule has 1 unspecified atom stereocenters. The van der Waals surface area contributed by atoms with E-state index in [2.05, 4.69) is 9.97 Å². The number of benzene rings is 2. The molecule has 0 fully saturated rings. The minimum absolute atomic E-state index is 0.00850. The lowest BCUT2D eigenvalue weighted by Crippen LogP contribution is -2.22. The second-order valence-corrected chi connectivity index (χ2v) is 7.93. The second-order valence-electron chi connectivity index (χ2n) is 7.93. The minimum atomic E-state index is -0.943. The number of pyridine rings is 2. The summed E-state index contributed by atoms with van der Waals surface area (Å²) in [5, 5.41) is 7.48. The van der Waals surface area contributed by atoms with E-state index in [0.717, 1.165) is 34.4 Å². The number of nitrogens with one attached hydrogen (secondary N) is 1. The van der Waals surface area contributed by atoms with Crippen molar-refractivity contribution < 1.29 is 18.3 Å². The van der Waals surface area contributed by atoms with Gasteiger partial charge in [0.15, 0.2) is 11.6 Å². The fourth-order valence-electron chi connectivity index (χ4n) is 4.01. The van der Waals surface area contributed by atoms with Crippen LogP contribution in [0.2, 0.25) is 0 Å². The number of nitrogens with two attached hydrogens (primary N) is 1. The average Bonchev–Trinajstić information content (AvgIpc) is 2.91. The summed E-state index contributed by atoms with van der Waals surface area (Å²) in [4.78, 5) is 8.59. The molecular formula is C28H26F2N4O2. The predicted molar refractivity (Wildman–Crippen MR) is 135 cm³/mol. The van der Waals surface area contributed by atoms with E-state index in [0.29, 0.717) is 22.8 Å². The topological polar surface area (TPSA) is 94.1 Å². The van der Waals surface area contributed by atoms with Crippen LogP contribution >= 0.6 is 0 Å². The Morgan fingerprint density at radius 1 is 0.944 bits per heavy atom. The molecule has 0 bridgehead atoms. The van der Waals surface area contributed by atoms with Crippen molar-refractivity contribution in [2.24, 2.45) is 5.73 Å². The molecule has 1 atom stereocenters. The summed E-state index contributed by atoms with van der Waals surface area (Å²) in [6.45, 7) is 4.23. The van der Waals surface area contributed by atoms with Gasteiger partial charge in [-0.05, 0) is 48.0 Å². The maximum Gasteiger partial charge on any atom is 0.159 e. The highest BCUT2D eigenvalue weighted by Crippen LogP contribution is 2.46. The first-order valence-corrected chi connectivity index (χ1v) is 11.6. The number of fused-ring (bicyclic) bond motifs is 2. The summed E-state index contributed by atoms with van der Waals surface area (Å²) in [6, 6.07) is 15.2. The van der Waals surface area contributed by atoms with Gasteiger partial charge >= 0.3 is 0 Å². The molecule has 5 rings (SSSR count). The zero-order chi connectivity index (χ0) is 25.7. The Labute approximate surface area is 208 Å². The maximum atomic E-state index is 13.8. The second kappa shape index (κ2) is 11.0. The first-order valence-electron chi connectivity index (χ1n) is 11.6. The smallest absolute Gasteiger partial charge is 0.159 e.